The van der Waals surface area contributed by atoms with Crippen LogP contribution < -0.4 is 11.5 Å². The third kappa shape index (κ3) is 6.69. The van der Waals surface area contributed by atoms with Crippen LogP contribution in [0.1, 0.15) is 12.8 Å². The second kappa shape index (κ2) is 15.1. The number of aryl methyl sites for hydroxylation is 2. The van der Waals surface area contributed by atoms with Gasteiger partial charge in [0, 0.05) is 64.8 Å². The standard InChI is InChI=1S/C39H35N13O3S4/c1-51-12-9-25(49-51)23-16-28(21-7-10-42-43-18-21)46-36-32(23)35(41)39(57-36)59(54)31-6-4-22(31)19-55-13-14-58(53)38-34(40)33-24(30-8-11-44-52(30)2)17-27(45-37(33)56-38)20-3-5-26-29(15-20)48-50-47-26/h3,5,7-12,15-18,22,31H,4,6,13-14,19,40-41H2,1-2H3,(H,47,48,50). The third-order valence-electron chi connectivity index (χ3n) is 10.7. The van der Waals surface area contributed by atoms with Crippen molar-refractivity contribution in [2.75, 3.05) is 30.4 Å². The van der Waals surface area contributed by atoms with E-state index in [0.29, 0.717) is 41.8 Å². The fourth-order valence-corrected chi connectivity index (χ4v) is 13.3. The van der Waals surface area contributed by atoms with E-state index >= 15 is 0 Å². The maximum atomic E-state index is 14.2. The lowest BCUT2D eigenvalue weighted by molar-refractivity contribution is 0.0833. The molecule has 1 saturated carbocycles. The Kier molecular flexibility index (Phi) is 9.59. The van der Waals surface area contributed by atoms with Crippen LogP contribution in [0.15, 0.2) is 81.7 Å². The first-order valence-corrected chi connectivity index (χ1v) is 22.8. The van der Waals surface area contributed by atoms with Crippen LogP contribution in [0, 0.1) is 5.92 Å². The molecular formula is C39H35N13O3S4. The highest BCUT2D eigenvalue weighted by Gasteiger charge is 2.38. The lowest BCUT2D eigenvalue weighted by atomic mass is 9.85. The summed E-state index contributed by atoms with van der Waals surface area (Å²) < 4.78 is 38.9. The van der Waals surface area contributed by atoms with Crippen LogP contribution in [-0.2, 0) is 40.4 Å². The van der Waals surface area contributed by atoms with Gasteiger partial charge in [-0.05, 0) is 61.2 Å². The molecule has 59 heavy (non-hydrogen) atoms. The summed E-state index contributed by atoms with van der Waals surface area (Å²) in [5.74, 6) is 0.305. The number of thiophene rings is 2. The van der Waals surface area contributed by atoms with Crippen LogP contribution in [-0.4, -0.2) is 87.8 Å². The van der Waals surface area contributed by atoms with E-state index in [1.807, 2.05) is 68.8 Å². The molecule has 1 aliphatic carbocycles. The number of nitrogen functional groups attached to an aromatic ring is 2. The average molecular weight is 862 g/mol. The summed E-state index contributed by atoms with van der Waals surface area (Å²) in [5.41, 5.74) is 22.3. The number of nitrogens with one attached hydrogen (secondary N) is 1. The largest absolute Gasteiger partial charge is 0.396 e. The van der Waals surface area contributed by atoms with Crippen molar-refractivity contribution in [1.29, 1.82) is 0 Å². The molecule has 1 aromatic carbocycles. The zero-order valence-electron chi connectivity index (χ0n) is 31.6. The van der Waals surface area contributed by atoms with Crippen molar-refractivity contribution in [3.8, 4) is 45.0 Å². The summed E-state index contributed by atoms with van der Waals surface area (Å²) in [7, 11) is 0.885. The maximum Gasteiger partial charge on any atom is 0.127 e. The van der Waals surface area contributed by atoms with Crippen molar-refractivity contribution in [2.24, 2.45) is 20.0 Å². The fraction of sp³-hybridized carbons (Fsp3) is 0.231. The molecule has 8 heterocycles. The molecular weight excluding hydrogens is 827 g/mol. The van der Waals surface area contributed by atoms with Gasteiger partial charge in [0.05, 0.1) is 87.1 Å². The van der Waals surface area contributed by atoms with Crippen molar-refractivity contribution in [3.63, 3.8) is 0 Å². The first-order chi connectivity index (χ1) is 28.7. The van der Waals surface area contributed by atoms with Crippen molar-refractivity contribution < 1.29 is 13.2 Å². The Balaban J connectivity index is 0.855. The molecule has 4 unspecified atom stereocenters. The van der Waals surface area contributed by atoms with Crippen LogP contribution in [0.25, 0.3) is 76.5 Å². The number of aromatic amines is 1. The molecule has 20 heteroatoms. The number of fused-ring (bicyclic) bond motifs is 3. The molecule has 1 fully saturated rings. The van der Waals surface area contributed by atoms with Gasteiger partial charge in [-0.3, -0.25) is 17.8 Å². The number of nitrogens with zero attached hydrogens (tertiary/aromatic N) is 10. The molecule has 0 radical (unpaired) electrons. The van der Waals surface area contributed by atoms with E-state index < -0.39 is 21.6 Å². The van der Waals surface area contributed by atoms with Crippen molar-refractivity contribution in [3.05, 3.63) is 73.3 Å². The molecule has 0 saturated heterocycles. The first kappa shape index (κ1) is 37.5. The zero-order chi connectivity index (χ0) is 40.4. The van der Waals surface area contributed by atoms with Gasteiger partial charge in [-0.15, -0.1) is 22.7 Å². The molecule has 0 aliphatic heterocycles. The van der Waals surface area contributed by atoms with Crippen molar-refractivity contribution in [2.45, 2.75) is 26.5 Å². The Bertz CT molecular complexity index is 3100. The third-order valence-corrected chi connectivity index (χ3v) is 16.9. The number of aromatic nitrogens is 11. The van der Waals surface area contributed by atoms with Gasteiger partial charge in [-0.2, -0.15) is 35.8 Å². The van der Waals surface area contributed by atoms with Gasteiger partial charge < -0.3 is 16.2 Å². The van der Waals surface area contributed by atoms with Crippen LogP contribution >= 0.6 is 22.7 Å². The number of pyridine rings is 2. The van der Waals surface area contributed by atoms with E-state index in [4.69, 9.17) is 26.2 Å². The Morgan fingerprint density at radius 2 is 1.59 bits per heavy atom. The number of ether oxygens (including phenoxy) is 1. The first-order valence-electron chi connectivity index (χ1n) is 18.6. The van der Waals surface area contributed by atoms with E-state index in [1.165, 1.54) is 22.7 Å². The number of benzene rings is 1. The summed E-state index contributed by atoms with van der Waals surface area (Å²) in [5, 5.41) is 29.4. The number of hydrogen-bond acceptors (Lipinski definition) is 15. The van der Waals surface area contributed by atoms with Gasteiger partial charge in [-0.1, -0.05) is 6.07 Å². The molecule has 4 atom stereocenters. The summed E-state index contributed by atoms with van der Waals surface area (Å²) in [4.78, 5) is 11.3. The Labute approximate surface area is 349 Å². The average Bonchev–Trinajstić information content (AvgIpc) is 4.09. The number of H-pyrrole nitrogens is 1. The van der Waals surface area contributed by atoms with Crippen molar-refractivity contribution in [1.82, 2.24) is 55.1 Å². The van der Waals surface area contributed by atoms with E-state index in [-0.39, 0.29) is 23.5 Å². The van der Waals surface area contributed by atoms with Crippen LogP contribution in [0.2, 0.25) is 0 Å². The van der Waals surface area contributed by atoms with Gasteiger partial charge in [0.25, 0.3) is 0 Å². The monoisotopic (exact) mass is 861 g/mol. The molecule has 10 rings (SSSR count). The Hall–Kier alpha value is -5.80. The smallest absolute Gasteiger partial charge is 0.127 e. The number of nitrogens with two attached hydrogens (primary N) is 2. The van der Waals surface area contributed by atoms with Crippen LogP contribution in [0.3, 0.4) is 0 Å². The summed E-state index contributed by atoms with van der Waals surface area (Å²) in [6.45, 7) is 0.637. The predicted octanol–water partition coefficient (Wildman–Crippen LogP) is 5.98. The van der Waals surface area contributed by atoms with E-state index in [2.05, 4.69) is 35.8 Å². The highest BCUT2D eigenvalue weighted by molar-refractivity contribution is 7.88. The minimum absolute atomic E-state index is 0.0606. The highest BCUT2D eigenvalue weighted by Crippen LogP contribution is 2.46. The van der Waals surface area contributed by atoms with Gasteiger partial charge in [0.1, 0.15) is 29.1 Å². The number of anilines is 2. The normalized spacial score (nSPS) is 16.6. The SMILES string of the molecule is Cn1ccc(-c2cc(-c3ccnnc3)nc3sc(S(=O)C4CCC4COCCS(=O)c4sc5nc(-c6ccc7n[nH]nc7c6)cc(-c6ccnn6C)c5c4N)c(N)c23)n1. The fourth-order valence-electron chi connectivity index (χ4n) is 7.47. The molecule has 0 bridgehead atoms. The minimum Gasteiger partial charge on any atom is -0.396 e. The topological polar surface area (TPSA) is 224 Å². The Morgan fingerprint density at radius 3 is 2.32 bits per heavy atom. The molecule has 8 aromatic heterocycles. The van der Waals surface area contributed by atoms with Gasteiger partial charge >= 0.3 is 0 Å². The minimum atomic E-state index is -1.46. The number of hydrogen-bond donors (Lipinski definition) is 3. The highest BCUT2D eigenvalue weighted by atomic mass is 32.2. The molecule has 1 aliphatic rings. The quantitative estimate of drug-likeness (QED) is 0.120. The molecule has 0 amide bonds. The number of rotatable bonds is 12. The molecule has 5 N–H and O–H groups in total. The van der Waals surface area contributed by atoms with Crippen LogP contribution in [0.4, 0.5) is 11.4 Å². The second-order valence-electron chi connectivity index (χ2n) is 14.2. The Morgan fingerprint density at radius 1 is 0.831 bits per heavy atom. The summed E-state index contributed by atoms with van der Waals surface area (Å²) >= 11 is 2.68. The lowest BCUT2D eigenvalue weighted by Gasteiger charge is -2.35. The second-order valence-corrected chi connectivity index (χ2v) is 19.9. The summed E-state index contributed by atoms with van der Waals surface area (Å²) in [6, 6.07) is 15.4. The van der Waals surface area contributed by atoms with Gasteiger partial charge in [0.15, 0.2) is 0 Å². The molecule has 298 valence electrons. The van der Waals surface area contributed by atoms with E-state index in [0.717, 1.165) is 74.0 Å². The predicted molar refractivity (Wildman–Crippen MR) is 231 cm³/mol. The molecule has 16 nitrogen and oxygen atoms in total. The molecule has 9 aromatic rings. The summed E-state index contributed by atoms with van der Waals surface area (Å²) in [6.07, 6.45) is 8.55. The zero-order valence-corrected chi connectivity index (χ0v) is 34.9. The van der Waals surface area contributed by atoms with E-state index in [9.17, 15) is 8.42 Å². The van der Waals surface area contributed by atoms with Crippen LogP contribution in [0.5, 0.6) is 0 Å². The van der Waals surface area contributed by atoms with Crippen molar-refractivity contribution >= 4 is 87.1 Å². The van der Waals surface area contributed by atoms with Gasteiger partial charge in [-0.25, -0.2) is 9.97 Å². The van der Waals surface area contributed by atoms with E-state index in [1.54, 1.807) is 28.0 Å². The maximum absolute atomic E-state index is 14.2. The van der Waals surface area contributed by atoms with Gasteiger partial charge in [0.2, 0.25) is 0 Å². The lowest BCUT2D eigenvalue weighted by Crippen LogP contribution is -2.38. The molecule has 0 spiro atoms.